The van der Waals surface area contributed by atoms with E-state index in [1.165, 1.54) is 24.6 Å². The number of hydrogen-bond acceptors (Lipinski definition) is 6. The number of sulfone groups is 1. The number of carbonyl (C=O) groups excluding carboxylic acids is 1. The molecule has 2 aromatic rings. The van der Waals surface area contributed by atoms with Gasteiger partial charge in [-0.1, -0.05) is 0 Å². The first-order valence-corrected chi connectivity index (χ1v) is 13.0. The van der Waals surface area contributed by atoms with Gasteiger partial charge in [0.05, 0.1) is 4.90 Å². The van der Waals surface area contributed by atoms with Crippen LogP contribution in [0.3, 0.4) is 0 Å². The van der Waals surface area contributed by atoms with Crippen LogP contribution in [0.25, 0.3) is 0 Å². The summed E-state index contributed by atoms with van der Waals surface area (Å²) in [7, 11) is -3.28. The summed E-state index contributed by atoms with van der Waals surface area (Å²) >= 11 is 0. The van der Waals surface area contributed by atoms with Crippen LogP contribution in [0.5, 0.6) is 5.75 Å². The van der Waals surface area contributed by atoms with E-state index in [9.17, 15) is 17.6 Å². The van der Waals surface area contributed by atoms with E-state index < -0.39 is 15.4 Å². The van der Waals surface area contributed by atoms with E-state index in [-0.39, 0.29) is 34.7 Å². The van der Waals surface area contributed by atoms with Crippen molar-refractivity contribution in [3.05, 3.63) is 47.9 Å². The molecule has 4 rings (SSSR count). The van der Waals surface area contributed by atoms with Crippen molar-refractivity contribution >= 4 is 21.6 Å². The molecule has 2 aliphatic rings. The topological polar surface area (TPSA) is 88.6 Å². The number of amides is 1. The Bertz CT molecular complexity index is 1140. The van der Waals surface area contributed by atoms with Gasteiger partial charge in [0.2, 0.25) is 0 Å². The lowest BCUT2D eigenvalue weighted by Gasteiger charge is -2.40. The van der Waals surface area contributed by atoms with E-state index in [0.29, 0.717) is 11.3 Å². The summed E-state index contributed by atoms with van der Waals surface area (Å²) in [5.41, 5.74) is -0.474. The van der Waals surface area contributed by atoms with Crippen LogP contribution in [0.15, 0.2) is 41.4 Å². The van der Waals surface area contributed by atoms with Gasteiger partial charge >= 0.3 is 0 Å². The van der Waals surface area contributed by atoms with E-state index in [1.54, 1.807) is 39.0 Å². The van der Waals surface area contributed by atoms with Gasteiger partial charge in [0.15, 0.2) is 15.4 Å². The molecule has 1 N–H and O–H groups in total. The fourth-order valence-corrected chi connectivity index (χ4v) is 5.38. The van der Waals surface area contributed by atoms with Gasteiger partial charge in [0, 0.05) is 30.6 Å². The number of aryl methyl sites for hydroxylation is 1. The summed E-state index contributed by atoms with van der Waals surface area (Å²) in [5, 5.41) is 3.15. The third kappa shape index (κ3) is 4.98. The smallest absolute Gasteiger partial charge is 0.263 e. The fourth-order valence-electron chi connectivity index (χ4n) is 4.82. The van der Waals surface area contributed by atoms with Gasteiger partial charge in [-0.15, -0.1) is 0 Å². The molecular formula is C24H30FN3O4S. The first-order chi connectivity index (χ1) is 15.4. The van der Waals surface area contributed by atoms with Crippen molar-refractivity contribution < 1.29 is 22.3 Å². The van der Waals surface area contributed by atoms with Gasteiger partial charge < -0.3 is 15.0 Å². The largest absolute Gasteiger partial charge is 0.478 e. The Balaban J connectivity index is 1.41. The molecule has 3 atom stereocenters. The Hall–Kier alpha value is -2.68. The summed E-state index contributed by atoms with van der Waals surface area (Å²) in [5.74, 6) is 0.703. The number of anilines is 1. The molecule has 33 heavy (non-hydrogen) atoms. The Morgan fingerprint density at radius 2 is 1.85 bits per heavy atom. The van der Waals surface area contributed by atoms with Crippen LogP contribution in [0.4, 0.5) is 10.2 Å². The number of halogens is 1. The highest BCUT2D eigenvalue weighted by molar-refractivity contribution is 7.90. The predicted octanol–water partition coefficient (Wildman–Crippen LogP) is 3.41. The number of fused-ring (bicyclic) bond motifs is 2. The Morgan fingerprint density at radius 3 is 2.39 bits per heavy atom. The minimum atomic E-state index is -3.28. The first-order valence-electron chi connectivity index (χ1n) is 11.1. The maximum atomic E-state index is 13.4. The zero-order chi connectivity index (χ0) is 24.0. The lowest BCUT2D eigenvalue weighted by molar-refractivity contribution is -0.135. The second kappa shape index (κ2) is 8.59. The average Bonchev–Trinajstić information content (AvgIpc) is 3.00. The molecule has 2 saturated heterocycles. The van der Waals surface area contributed by atoms with Gasteiger partial charge in [-0.05, 0) is 82.3 Å². The molecule has 178 valence electrons. The third-order valence-electron chi connectivity index (χ3n) is 6.53. The number of piperidine rings is 1. The number of hydrogen-bond donors (Lipinski definition) is 1. The van der Waals surface area contributed by atoms with Crippen LogP contribution in [0, 0.1) is 12.7 Å². The number of pyridine rings is 1. The molecule has 2 aliphatic heterocycles. The van der Waals surface area contributed by atoms with Gasteiger partial charge in [-0.25, -0.2) is 17.8 Å². The molecule has 0 radical (unpaired) electrons. The molecule has 3 heterocycles. The highest BCUT2D eigenvalue weighted by Crippen LogP contribution is 2.39. The first kappa shape index (κ1) is 23.5. The fraction of sp³-hybridized carbons (Fsp3) is 0.500. The SMILES string of the molecule is Cc1cc(F)ccc1OC(C)(C)C(=O)NC1C[C@H]2CC[C@@H](C1)N2c1ccc(S(C)(=O)=O)cn1. The van der Waals surface area contributed by atoms with Crippen molar-refractivity contribution in [1.82, 2.24) is 10.3 Å². The second-order valence-electron chi connectivity index (χ2n) is 9.58. The number of nitrogens with one attached hydrogen (secondary N) is 1. The van der Waals surface area contributed by atoms with E-state index in [1.807, 2.05) is 0 Å². The molecule has 0 spiro atoms. The highest BCUT2D eigenvalue weighted by atomic mass is 32.2. The molecule has 9 heteroatoms. The van der Waals surface area contributed by atoms with Gasteiger partial charge in [-0.2, -0.15) is 0 Å². The molecule has 1 aromatic carbocycles. The zero-order valence-corrected chi connectivity index (χ0v) is 20.2. The molecule has 1 aromatic heterocycles. The quantitative estimate of drug-likeness (QED) is 0.689. The predicted molar refractivity (Wildman–Crippen MR) is 124 cm³/mol. The van der Waals surface area contributed by atoms with Gasteiger partial charge in [0.1, 0.15) is 17.4 Å². The van der Waals surface area contributed by atoms with Crippen molar-refractivity contribution in [2.45, 2.75) is 75.1 Å². The molecule has 2 bridgehead atoms. The van der Waals surface area contributed by atoms with Crippen LogP contribution in [0.2, 0.25) is 0 Å². The minimum absolute atomic E-state index is 0.0127. The Morgan fingerprint density at radius 1 is 1.18 bits per heavy atom. The molecular weight excluding hydrogens is 445 g/mol. The van der Waals surface area contributed by atoms with Crippen LogP contribution >= 0.6 is 0 Å². The number of carbonyl (C=O) groups is 1. The lowest BCUT2D eigenvalue weighted by Crippen LogP contribution is -2.55. The summed E-state index contributed by atoms with van der Waals surface area (Å²) in [6, 6.07) is 8.08. The molecule has 0 saturated carbocycles. The average molecular weight is 476 g/mol. The Kier molecular flexibility index (Phi) is 6.11. The second-order valence-corrected chi connectivity index (χ2v) is 11.6. The third-order valence-corrected chi connectivity index (χ3v) is 7.63. The molecule has 2 fully saturated rings. The zero-order valence-electron chi connectivity index (χ0n) is 19.3. The van der Waals surface area contributed by atoms with Crippen molar-refractivity contribution in [2.75, 3.05) is 11.2 Å². The van der Waals surface area contributed by atoms with E-state index in [0.717, 1.165) is 31.5 Å². The highest BCUT2D eigenvalue weighted by Gasteiger charge is 2.43. The summed E-state index contributed by atoms with van der Waals surface area (Å²) in [4.78, 5) is 19.9. The summed E-state index contributed by atoms with van der Waals surface area (Å²) in [6.45, 7) is 5.17. The lowest BCUT2D eigenvalue weighted by atomic mass is 9.96. The van der Waals surface area contributed by atoms with Crippen LogP contribution < -0.4 is 15.0 Å². The monoisotopic (exact) mass is 475 g/mol. The maximum absolute atomic E-state index is 13.4. The minimum Gasteiger partial charge on any atom is -0.478 e. The molecule has 7 nitrogen and oxygen atoms in total. The normalized spacial score (nSPS) is 22.8. The van der Waals surface area contributed by atoms with Crippen LogP contribution in [0.1, 0.15) is 45.1 Å². The van der Waals surface area contributed by atoms with Gasteiger partial charge in [-0.3, -0.25) is 4.79 Å². The van der Waals surface area contributed by atoms with Crippen molar-refractivity contribution in [3.8, 4) is 5.75 Å². The molecule has 1 amide bonds. The number of benzene rings is 1. The molecule has 1 unspecified atom stereocenters. The van der Waals surface area contributed by atoms with Crippen molar-refractivity contribution in [1.29, 1.82) is 0 Å². The maximum Gasteiger partial charge on any atom is 0.263 e. The number of nitrogens with zero attached hydrogens (tertiary/aromatic N) is 2. The molecule has 0 aliphatic carbocycles. The van der Waals surface area contributed by atoms with Crippen molar-refractivity contribution in [2.24, 2.45) is 0 Å². The van der Waals surface area contributed by atoms with Crippen molar-refractivity contribution in [3.63, 3.8) is 0 Å². The summed E-state index contributed by atoms with van der Waals surface area (Å²) in [6.07, 6.45) is 6.15. The van der Waals surface area contributed by atoms with Gasteiger partial charge in [0.25, 0.3) is 5.91 Å². The number of aromatic nitrogens is 1. The Labute approximate surface area is 194 Å². The van der Waals surface area contributed by atoms with E-state index in [2.05, 4.69) is 15.2 Å². The van der Waals surface area contributed by atoms with Crippen LogP contribution in [-0.4, -0.2) is 49.3 Å². The number of ether oxygens (including phenoxy) is 1. The summed E-state index contributed by atoms with van der Waals surface area (Å²) < 4.78 is 42.8. The van der Waals surface area contributed by atoms with E-state index in [4.69, 9.17) is 4.74 Å². The van der Waals surface area contributed by atoms with Crippen LogP contribution in [-0.2, 0) is 14.6 Å². The van der Waals surface area contributed by atoms with E-state index >= 15 is 0 Å². The standard InChI is InChI=1S/C24H30FN3O4S/c1-15-11-16(25)5-9-21(15)32-24(2,3)23(29)27-17-12-18-6-7-19(13-17)28(18)22-10-8-20(14-26-22)33(4,30)31/h5,8-11,14,17-19H,6-7,12-13H2,1-4H3,(H,27,29)/t17?,18-,19+. The number of rotatable bonds is 6.